The molecule has 0 saturated heterocycles. The number of halogens is 1. The lowest BCUT2D eigenvalue weighted by Gasteiger charge is -2.09. The second kappa shape index (κ2) is 6.04. The van der Waals surface area contributed by atoms with E-state index in [1.807, 2.05) is 12.3 Å². The zero-order chi connectivity index (χ0) is 14.8. The van der Waals surface area contributed by atoms with Crippen molar-refractivity contribution in [1.29, 1.82) is 0 Å². The van der Waals surface area contributed by atoms with Crippen LogP contribution in [-0.2, 0) is 16.4 Å². The average Bonchev–Trinajstić information content (AvgIpc) is 2.73. The summed E-state index contributed by atoms with van der Waals surface area (Å²) >= 11 is 7.33. The summed E-state index contributed by atoms with van der Waals surface area (Å²) in [5.74, 6) is 0.160. The first-order valence-electron chi connectivity index (χ1n) is 5.70. The molecule has 0 aliphatic heterocycles. The number of thiazole rings is 1. The molecule has 2 rings (SSSR count). The summed E-state index contributed by atoms with van der Waals surface area (Å²) in [4.78, 5) is 8.20. The van der Waals surface area contributed by atoms with Crippen molar-refractivity contribution in [2.75, 3.05) is 11.9 Å². The highest BCUT2D eigenvalue weighted by Crippen LogP contribution is 2.20. The first kappa shape index (κ1) is 15.2. The second-order valence-electron chi connectivity index (χ2n) is 4.09. The van der Waals surface area contributed by atoms with Crippen LogP contribution < -0.4 is 10.5 Å². The molecule has 6 nitrogen and oxygen atoms in total. The van der Waals surface area contributed by atoms with Crippen LogP contribution in [0, 0.1) is 6.92 Å². The van der Waals surface area contributed by atoms with Gasteiger partial charge in [-0.05, 0) is 19.1 Å². The van der Waals surface area contributed by atoms with Crippen molar-refractivity contribution >= 4 is 38.8 Å². The van der Waals surface area contributed by atoms with E-state index in [0.29, 0.717) is 13.0 Å². The van der Waals surface area contributed by atoms with Crippen molar-refractivity contribution in [3.05, 3.63) is 33.4 Å². The van der Waals surface area contributed by atoms with Gasteiger partial charge in [-0.15, -0.1) is 11.3 Å². The third-order valence-electron chi connectivity index (χ3n) is 2.43. The highest BCUT2D eigenvalue weighted by Gasteiger charge is 2.15. The molecule has 0 aliphatic rings. The first-order valence-corrected chi connectivity index (χ1v) is 8.51. The maximum absolute atomic E-state index is 11.4. The summed E-state index contributed by atoms with van der Waals surface area (Å²) in [7, 11) is -3.84. The molecule has 0 saturated carbocycles. The molecule has 2 aromatic rings. The molecule has 0 bridgehead atoms. The van der Waals surface area contributed by atoms with Gasteiger partial charge in [-0.2, -0.15) is 0 Å². The minimum atomic E-state index is -3.84. The molecule has 0 aliphatic carbocycles. The minimum absolute atomic E-state index is 0.0720. The Morgan fingerprint density at radius 3 is 2.75 bits per heavy atom. The maximum atomic E-state index is 11.4. The number of hydrogen-bond acceptors (Lipinski definition) is 6. The lowest BCUT2D eigenvalue weighted by Crippen LogP contribution is -2.17. The second-order valence-corrected chi connectivity index (χ2v) is 6.94. The number of nitrogens with zero attached hydrogens (tertiary/aromatic N) is 2. The third-order valence-corrected chi connectivity index (χ3v) is 4.61. The van der Waals surface area contributed by atoms with Crippen molar-refractivity contribution < 1.29 is 8.42 Å². The van der Waals surface area contributed by atoms with E-state index in [0.717, 1.165) is 10.7 Å². The summed E-state index contributed by atoms with van der Waals surface area (Å²) in [6, 6.07) is 2.72. The van der Waals surface area contributed by atoms with E-state index in [-0.39, 0.29) is 15.9 Å². The molecule has 0 radical (unpaired) electrons. The highest BCUT2D eigenvalue weighted by atomic mass is 35.5. The van der Waals surface area contributed by atoms with Crippen molar-refractivity contribution in [3.8, 4) is 0 Å². The Labute approximate surface area is 126 Å². The Morgan fingerprint density at radius 1 is 1.40 bits per heavy atom. The summed E-state index contributed by atoms with van der Waals surface area (Å²) in [5, 5.41) is 11.2. The Balaban J connectivity index is 2.10. The van der Waals surface area contributed by atoms with E-state index in [9.17, 15) is 8.42 Å². The fraction of sp³-hybridized carbons (Fsp3) is 0.273. The Kier molecular flexibility index (Phi) is 4.59. The van der Waals surface area contributed by atoms with Crippen LogP contribution in [0.1, 0.15) is 10.7 Å². The standard InChI is InChI=1S/C11H13ClN4O2S2/c1-7-6-19-10(15-7)4-5-14-11-8(20(13,17)18)2-3-9(12)16-11/h2-3,6H,4-5H2,1H3,(H,14,16)(H2,13,17,18). The van der Waals surface area contributed by atoms with Gasteiger partial charge in [0, 0.05) is 24.0 Å². The zero-order valence-corrected chi connectivity index (χ0v) is 13.0. The SMILES string of the molecule is Cc1csc(CCNc2nc(Cl)ccc2S(N)(=O)=O)n1. The lowest BCUT2D eigenvalue weighted by molar-refractivity contribution is 0.597. The van der Waals surface area contributed by atoms with Gasteiger partial charge in [0.05, 0.1) is 5.01 Å². The fourth-order valence-corrected chi connectivity index (χ4v) is 3.15. The summed E-state index contributed by atoms with van der Waals surface area (Å²) in [6.45, 7) is 2.41. The molecule has 2 aromatic heterocycles. The lowest BCUT2D eigenvalue weighted by atomic mass is 10.4. The van der Waals surface area contributed by atoms with Crippen LogP contribution in [0.4, 0.5) is 5.82 Å². The van der Waals surface area contributed by atoms with E-state index in [1.165, 1.54) is 12.1 Å². The molecule has 2 heterocycles. The summed E-state index contributed by atoms with van der Waals surface area (Å²) in [6.07, 6.45) is 0.663. The van der Waals surface area contributed by atoms with E-state index < -0.39 is 10.0 Å². The van der Waals surface area contributed by atoms with Crippen LogP contribution in [0.15, 0.2) is 22.4 Å². The number of primary sulfonamides is 1. The highest BCUT2D eigenvalue weighted by molar-refractivity contribution is 7.89. The first-order chi connectivity index (χ1) is 9.36. The molecule has 20 heavy (non-hydrogen) atoms. The fourth-order valence-electron chi connectivity index (χ4n) is 1.58. The van der Waals surface area contributed by atoms with Crippen LogP contribution in [0.25, 0.3) is 0 Å². The molecule has 9 heteroatoms. The molecule has 0 aromatic carbocycles. The van der Waals surface area contributed by atoms with Gasteiger partial charge in [-0.25, -0.2) is 23.5 Å². The Bertz CT molecular complexity index is 715. The quantitative estimate of drug-likeness (QED) is 0.813. The molecule has 3 N–H and O–H groups in total. The van der Waals surface area contributed by atoms with Gasteiger partial charge >= 0.3 is 0 Å². The van der Waals surface area contributed by atoms with Crippen LogP contribution >= 0.6 is 22.9 Å². The molecule has 0 unspecified atom stereocenters. The van der Waals surface area contributed by atoms with Crippen LogP contribution in [0.3, 0.4) is 0 Å². The Hall–Kier alpha value is -1.22. The van der Waals surface area contributed by atoms with Crippen molar-refractivity contribution in [2.24, 2.45) is 5.14 Å². The number of nitrogens with two attached hydrogens (primary N) is 1. The largest absolute Gasteiger partial charge is 0.368 e. The average molecular weight is 333 g/mol. The van der Waals surface area contributed by atoms with Gasteiger partial charge in [0.1, 0.15) is 15.9 Å². The maximum Gasteiger partial charge on any atom is 0.241 e. The summed E-state index contributed by atoms with van der Waals surface area (Å²) < 4.78 is 22.9. The number of anilines is 1. The monoisotopic (exact) mass is 332 g/mol. The van der Waals surface area contributed by atoms with Crippen LogP contribution in [0.2, 0.25) is 5.15 Å². The van der Waals surface area contributed by atoms with E-state index >= 15 is 0 Å². The molecule has 0 spiro atoms. The number of sulfonamides is 1. The van der Waals surface area contributed by atoms with Gasteiger partial charge < -0.3 is 5.32 Å². The van der Waals surface area contributed by atoms with Gasteiger partial charge in [0.15, 0.2) is 0 Å². The molecular weight excluding hydrogens is 320 g/mol. The van der Waals surface area contributed by atoms with E-state index in [4.69, 9.17) is 16.7 Å². The number of rotatable bonds is 5. The molecule has 108 valence electrons. The third kappa shape index (κ3) is 3.89. The molecule has 0 atom stereocenters. The van der Waals surface area contributed by atoms with Gasteiger partial charge in [0.25, 0.3) is 0 Å². The summed E-state index contributed by atoms with van der Waals surface area (Å²) in [5.41, 5.74) is 0.969. The molecular formula is C11H13ClN4O2S2. The van der Waals surface area contributed by atoms with E-state index in [1.54, 1.807) is 11.3 Å². The van der Waals surface area contributed by atoms with Gasteiger partial charge in [0.2, 0.25) is 10.0 Å². The predicted octanol–water partition coefficient (Wildman–Crippen LogP) is 1.80. The number of aromatic nitrogens is 2. The number of pyridine rings is 1. The topological polar surface area (TPSA) is 98.0 Å². The molecule has 0 fully saturated rings. The van der Waals surface area contributed by atoms with Crippen molar-refractivity contribution in [1.82, 2.24) is 9.97 Å². The van der Waals surface area contributed by atoms with Gasteiger partial charge in [-0.3, -0.25) is 0 Å². The van der Waals surface area contributed by atoms with Crippen molar-refractivity contribution in [2.45, 2.75) is 18.2 Å². The van der Waals surface area contributed by atoms with E-state index in [2.05, 4.69) is 15.3 Å². The predicted molar refractivity (Wildman–Crippen MR) is 79.7 cm³/mol. The number of hydrogen-bond donors (Lipinski definition) is 2. The smallest absolute Gasteiger partial charge is 0.241 e. The van der Waals surface area contributed by atoms with Crippen molar-refractivity contribution in [3.63, 3.8) is 0 Å². The van der Waals surface area contributed by atoms with Crippen LogP contribution in [0.5, 0.6) is 0 Å². The van der Waals surface area contributed by atoms with Gasteiger partial charge in [-0.1, -0.05) is 11.6 Å². The molecule has 0 amide bonds. The van der Waals surface area contributed by atoms with Crippen LogP contribution in [-0.4, -0.2) is 24.9 Å². The minimum Gasteiger partial charge on any atom is -0.368 e. The Morgan fingerprint density at radius 2 is 2.15 bits per heavy atom. The zero-order valence-electron chi connectivity index (χ0n) is 10.6. The number of aryl methyl sites for hydroxylation is 1. The number of nitrogens with one attached hydrogen (secondary N) is 1. The normalized spacial score (nSPS) is 11.6.